The van der Waals surface area contributed by atoms with Crippen LogP contribution in [0.15, 0.2) is 0 Å². The molecule has 0 aromatic heterocycles. The molecule has 0 amide bonds. The monoisotopic (exact) mass is 185 g/mol. The van der Waals surface area contributed by atoms with Crippen molar-refractivity contribution in [2.24, 2.45) is 11.7 Å². The van der Waals surface area contributed by atoms with Crippen LogP contribution in [0, 0.1) is 5.92 Å². The molecule has 3 heteroatoms. The van der Waals surface area contributed by atoms with E-state index in [1.54, 1.807) is 0 Å². The largest absolute Gasteiger partial charge is 0.327 e. The summed E-state index contributed by atoms with van der Waals surface area (Å²) < 4.78 is 0. The minimum atomic E-state index is 0.370. The van der Waals surface area contributed by atoms with Crippen molar-refractivity contribution in [2.45, 2.75) is 26.3 Å². The van der Waals surface area contributed by atoms with Gasteiger partial charge >= 0.3 is 0 Å². The highest BCUT2D eigenvalue weighted by Crippen LogP contribution is 2.04. The third-order valence-electron chi connectivity index (χ3n) is 2.84. The predicted octanol–water partition coefficient (Wildman–Crippen LogP) is 0.265. The van der Waals surface area contributed by atoms with Crippen LogP contribution in [0.2, 0.25) is 0 Å². The van der Waals surface area contributed by atoms with Gasteiger partial charge in [0, 0.05) is 32.2 Å². The summed E-state index contributed by atoms with van der Waals surface area (Å²) in [5, 5.41) is 3.35. The molecule has 1 heterocycles. The van der Waals surface area contributed by atoms with E-state index in [2.05, 4.69) is 24.1 Å². The fourth-order valence-corrected chi connectivity index (χ4v) is 1.60. The van der Waals surface area contributed by atoms with Gasteiger partial charge in [-0.05, 0) is 18.9 Å². The standard InChI is InChI=1S/C10H23N3/c1-9(2)10(11)3-6-13-7-4-12-5-8-13/h9-10,12H,3-8,11H2,1-2H3. The van der Waals surface area contributed by atoms with E-state index in [0.29, 0.717) is 12.0 Å². The summed E-state index contributed by atoms with van der Waals surface area (Å²) in [6.07, 6.45) is 1.14. The van der Waals surface area contributed by atoms with E-state index in [4.69, 9.17) is 5.73 Å². The van der Waals surface area contributed by atoms with Crippen LogP contribution >= 0.6 is 0 Å². The average Bonchev–Trinajstić information content (AvgIpc) is 2.15. The molecule has 0 aromatic carbocycles. The number of hydrogen-bond donors (Lipinski definition) is 2. The molecule has 3 nitrogen and oxygen atoms in total. The maximum atomic E-state index is 5.99. The number of nitrogens with zero attached hydrogens (tertiary/aromatic N) is 1. The Bertz CT molecular complexity index is 130. The van der Waals surface area contributed by atoms with Crippen LogP contribution in [0.3, 0.4) is 0 Å². The molecular weight excluding hydrogens is 162 g/mol. The molecule has 1 saturated heterocycles. The third kappa shape index (κ3) is 4.07. The van der Waals surface area contributed by atoms with E-state index < -0.39 is 0 Å². The SMILES string of the molecule is CC(C)C(N)CCN1CCNCC1. The fraction of sp³-hybridized carbons (Fsp3) is 1.00. The highest BCUT2D eigenvalue weighted by molar-refractivity contribution is 4.72. The second-order valence-corrected chi connectivity index (χ2v) is 4.29. The van der Waals surface area contributed by atoms with Crippen LogP contribution in [0.4, 0.5) is 0 Å². The zero-order valence-corrected chi connectivity index (χ0v) is 8.92. The molecule has 13 heavy (non-hydrogen) atoms. The number of piperazine rings is 1. The van der Waals surface area contributed by atoms with E-state index in [0.717, 1.165) is 19.5 Å². The second kappa shape index (κ2) is 5.58. The first kappa shape index (κ1) is 11.0. The van der Waals surface area contributed by atoms with Gasteiger partial charge < -0.3 is 16.0 Å². The molecular formula is C10H23N3. The summed E-state index contributed by atoms with van der Waals surface area (Å²) >= 11 is 0. The zero-order valence-electron chi connectivity index (χ0n) is 8.92. The first-order valence-electron chi connectivity index (χ1n) is 5.39. The van der Waals surface area contributed by atoms with Crippen LogP contribution in [0.1, 0.15) is 20.3 Å². The Morgan fingerprint density at radius 1 is 1.31 bits per heavy atom. The zero-order chi connectivity index (χ0) is 9.68. The summed E-state index contributed by atoms with van der Waals surface area (Å²) in [5.41, 5.74) is 5.99. The maximum absolute atomic E-state index is 5.99. The molecule has 1 rings (SSSR count). The van der Waals surface area contributed by atoms with E-state index in [9.17, 15) is 0 Å². The minimum Gasteiger partial charge on any atom is -0.327 e. The Hall–Kier alpha value is -0.120. The molecule has 78 valence electrons. The summed E-state index contributed by atoms with van der Waals surface area (Å²) in [7, 11) is 0. The highest BCUT2D eigenvalue weighted by atomic mass is 15.2. The summed E-state index contributed by atoms with van der Waals surface area (Å²) in [6.45, 7) is 10.2. The lowest BCUT2D eigenvalue weighted by Gasteiger charge is -2.28. The van der Waals surface area contributed by atoms with Gasteiger partial charge in [-0.3, -0.25) is 0 Å². The molecule has 0 bridgehead atoms. The van der Waals surface area contributed by atoms with Gasteiger partial charge in [-0.2, -0.15) is 0 Å². The van der Waals surface area contributed by atoms with Gasteiger partial charge in [-0.15, -0.1) is 0 Å². The van der Waals surface area contributed by atoms with E-state index in [1.807, 2.05) is 0 Å². The van der Waals surface area contributed by atoms with Crippen molar-refractivity contribution in [1.29, 1.82) is 0 Å². The van der Waals surface area contributed by atoms with Crippen molar-refractivity contribution in [1.82, 2.24) is 10.2 Å². The Kier molecular flexibility index (Phi) is 4.70. The number of hydrogen-bond acceptors (Lipinski definition) is 3. The molecule has 0 spiro atoms. The molecule has 0 saturated carbocycles. The fourth-order valence-electron chi connectivity index (χ4n) is 1.60. The van der Waals surface area contributed by atoms with Gasteiger partial charge in [-0.25, -0.2) is 0 Å². The predicted molar refractivity (Wildman–Crippen MR) is 56.7 cm³/mol. The van der Waals surface area contributed by atoms with Crippen molar-refractivity contribution >= 4 is 0 Å². The Morgan fingerprint density at radius 2 is 1.92 bits per heavy atom. The Balaban J connectivity index is 2.10. The van der Waals surface area contributed by atoms with E-state index >= 15 is 0 Å². The normalized spacial score (nSPS) is 22.2. The molecule has 1 aliphatic heterocycles. The lowest BCUT2D eigenvalue weighted by Crippen LogP contribution is -2.45. The first-order valence-corrected chi connectivity index (χ1v) is 5.39. The molecule has 1 unspecified atom stereocenters. The first-order chi connectivity index (χ1) is 6.20. The van der Waals surface area contributed by atoms with Crippen molar-refractivity contribution < 1.29 is 0 Å². The molecule has 3 N–H and O–H groups in total. The second-order valence-electron chi connectivity index (χ2n) is 4.29. The van der Waals surface area contributed by atoms with Gasteiger partial charge in [-0.1, -0.05) is 13.8 Å². The van der Waals surface area contributed by atoms with E-state index in [1.165, 1.54) is 19.6 Å². The van der Waals surface area contributed by atoms with Crippen molar-refractivity contribution in [3.05, 3.63) is 0 Å². The quantitative estimate of drug-likeness (QED) is 0.660. The lowest BCUT2D eigenvalue weighted by atomic mass is 10.0. The molecule has 1 fully saturated rings. The van der Waals surface area contributed by atoms with Crippen LogP contribution < -0.4 is 11.1 Å². The van der Waals surface area contributed by atoms with Crippen LogP contribution in [-0.4, -0.2) is 43.7 Å². The number of rotatable bonds is 4. The molecule has 0 aliphatic carbocycles. The minimum absolute atomic E-state index is 0.370. The van der Waals surface area contributed by atoms with Gasteiger partial charge in [0.15, 0.2) is 0 Å². The van der Waals surface area contributed by atoms with Crippen molar-refractivity contribution in [3.63, 3.8) is 0 Å². The molecule has 0 aromatic rings. The topological polar surface area (TPSA) is 41.3 Å². The Labute approximate surface area is 81.7 Å². The number of nitrogens with two attached hydrogens (primary N) is 1. The Morgan fingerprint density at radius 3 is 2.46 bits per heavy atom. The highest BCUT2D eigenvalue weighted by Gasteiger charge is 2.12. The van der Waals surface area contributed by atoms with Crippen LogP contribution in [-0.2, 0) is 0 Å². The van der Waals surface area contributed by atoms with Gasteiger partial charge in [0.25, 0.3) is 0 Å². The molecule has 1 atom stereocenters. The summed E-state index contributed by atoms with van der Waals surface area (Å²) in [4.78, 5) is 2.50. The number of nitrogens with one attached hydrogen (secondary N) is 1. The summed E-state index contributed by atoms with van der Waals surface area (Å²) in [5.74, 6) is 0.614. The third-order valence-corrected chi connectivity index (χ3v) is 2.84. The van der Waals surface area contributed by atoms with Crippen molar-refractivity contribution in [3.8, 4) is 0 Å². The van der Waals surface area contributed by atoms with Gasteiger partial charge in [0.1, 0.15) is 0 Å². The lowest BCUT2D eigenvalue weighted by molar-refractivity contribution is 0.226. The molecule has 1 aliphatic rings. The van der Waals surface area contributed by atoms with Crippen molar-refractivity contribution in [2.75, 3.05) is 32.7 Å². The van der Waals surface area contributed by atoms with Gasteiger partial charge in [0.05, 0.1) is 0 Å². The van der Waals surface area contributed by atoms with Crippen LogP contribution in [0.25, 0.3) is 0 Å². The summed E-state index contributed by atoms with van der Waals surface area (Å²) in [6, 6.07) is 0.370. The van der Waals surface area contributed by atoms with Gasteiger partial charge in [0.2, 0.25) is 0 Å². The van der Waals surface area contributed by atoms with E-state index in [-0.39, 0.29) is 0 Å². The smallest absolute Gasteiger partial charge is 0.0107 e. The maximum Gasteiger partial charge on any atom is 0.0107 e. The van der Waals surface area contributed by atoms with Crippen LogP contribution in [0.5, 0.6) is 0 Å². The molecule has 0 radical (unpaired) electrons. The average molecular weight is 185 g/mol.